The van der Waals surface area contributed by atoms with Crippen LogP contribution in [0.15, 0.2) is 85.5 Å². The highest BCUT2D eigenvalue weighted by molar-refractivity contribution is 7.26. The van der Waals surface area contributed by atoms with Gasteiger partial charge in [0.25, 0.3) is 0 Å². The molecule has 0 saturated heterocycles. The van der Waals surface area contributed by atoms with Crippen LogP contribution in [0.25, 0.3) is 58.0 Å². The highest BCUT2D eigenvalue weighted by Gasteiger charge is 2.14. The molecule has 6 rings (SSSR count). The summed E-state index contributed by atoms with van der Waals surface area (Å²) in [5.41, 5.74) is 5.08. The Kier molecular flexibility index (Phi) is 4.36. The van der Waals surface area contributed by atoms with Crippen molar-refractivity contribution in [2.24, 2.45) is 0 Å². The summed E-state index contributed by atoms with van der Waals surface area (Å²) in [6.45, 7) is 7.35. The standard InChI is InChI=1S/C28H14N4S/c1-30-21-9-20(15-32-16-21)25-11-27-28(23-5-3-2-4-22(23)25)24-7-6-18(10-26(24)33-27)19-8-17(12-29)13-31-14-19/h2-11,13-16H. The minimum absolute atomic E-state index is 0.533. The van der Waals surface area contributed by atoms with Crippen molar-refractivity contribution in [3.63, 3.8) is 0 Å². The molecule has 0 unspecified atom stereocenters. The van der Waals surface area contributed by atoms with Gasteiger partial charge in [0.1, 0.15) is 6.07 Å². The third-order valence-electron chi connectivity index (χ3n) is 5.84. The lowest BCUT2D eigenvalue weighted by atomic mass is 9.95. The molecule has 33 heavy (non-hydrogen) atoms. The third kappa shape index (κ3) is 3.11. The lowest BCUT2D eigenvalue weighted by Crippen LogP contribution is -1.84. The van der Waals surface area contributed by atoms with E-state index in [2.05, 4.69) is 63.3 Å². The predicted octanol–water partition coefficient (Wildman–Crippen LogP) is 7.75. The largest absolute Gasteiger partial charge is 0.276 e. The van der Waals surface area contributed by atoms with E-state index < -0.39 is 0 Å². The second-order valence-corrected chi connectivity index (χ2v) is 8.86. The highest BCUT2D eigenvalue weighted by atomic mass is 32.1. The van der Waals surface area contributed by atoms with Gasteiger partial charge in [0.15, 0.2) is 0 Å². The van der Waals surface area contributed by atoms with E-state index in [0.29, 0.717) is 11.3 Å². The van der Waals surface area contributed by atoms with E-state index in [1.807, 2.05) is 24.4 Å². The second kappa shape index (κ2) is 7.53. The van der Waals surface area contributed by atoms with Gasteiger partial charge < -0.3 is 0 Å². The molecule has 0 bridgehead atoms. The lowest BCUT2D eigenvalue weighted by Gasteiger charge is -2.09. The topological polar surface area (TPSA) is 53.9 Å². The number of hydrogen-bond acceptors (Lipinski definition) is 4. The Hall–Kier alpha value is -4.58. The molecule has 3 heterocycles. The number of nitriles is 1. The molecule has 0 fully saturated rings. The van der Waals surface area contributed by atoms with Crippen LogP contribution in [0.5, 0.6) is 0 Å². The van der Waals surface area contributed by atoms with Crippen molar-refractivity contribution in [1.29, 1.82) is 5.26 Å². The van der Waals surface area contributed by atoms with E-state index in [4.69, 9.17) is 6.57 Å². The van der Waals surface area contributed by atoms with Crippen molar-refractivity contribution in [3.05, 3.63) is 102 Å². The van der Waals surface area contributed by atoms with E-state index in [0.717, 1.165) is 27.6 Å². The first-order chi connectivity index (χ1) is 16.2. The Balaban J connectivity index is 1.63. The third-order valence-corrected chi connectivity index (χ3v) is 6.94. The van der Waals surface area contributed by atoms with E-state index in [9.17, 15) is 5.26 Å². The number of pyridine rings is 2. The number of thiophene rings is 1. The van der Waals surface area contributed by atoms with Crippen LogP contribution in [-0.4, -0.2) is 9.97 Å². The van der Waals surface area contributed by atoms with Crippen LogP contribution >= 0.6 is 11.3 Å². The molecule has 3 aromatic heterocycles. The molecule has 0 spiro atoms. The van der Waals surface area contributed by atoms with Crippen LogP contribution in [0.3, 0.4) is 0 Å². The molecule has 0 radical (unpaired) electrons. The number of hydrogen-bond donors (Lipinski definition) is 0. The van der Waals surface area contributed by atoms with Gasteiger partial charge in [0, 0.05) is 50.5 Å². The fourth-order valence-electron chi connectivity index (χ4n) is 4.35. The molecular formula is C28H14N4S. The molecule has 0 aliphatic carbocycles. The van der Waals surface area contributed by atoms with Gasteiger partial charge in [-0.3, -0.25) is 9.97 Å². The molecular weight excluding hydrogens is 424 g/mol. The minimum atomic E-state index is 0.533. The van der Waals surface area contributed by atoms with Gasteiger partial charge in [0.2, 0.25) is 5.69 Å². The quantitative estimate of drug-likeness (QED) is 0.260. The second-order valence-electron chi connectivity index (χ2n) is 7.77. The monoisotopic (exact) mass is 438 g/mol. The van der Waals surface area contributed by atoms with Gasteiger partial charge in [-0.05, 0) is 51.7 Å². The maximum absolute atomic E-state index is 9.22. The number of aromatic nitrogens is 2. The molecule has 3 aromatic carbocycles. The van der Waals surface area contributed by atoms with Crippen molar-refractivity contribution in [1.82, 2.24) is 9.97 Å². The molecule has 4 nitrogen and oxygen atoms in total. The zero-order valence-electron chi connectivity index (χ0n) is 17.3. The van der Waals surface area contributed by atoms with Gasteiger partial charge >= 0.3 is 0 Å². The number of benzene rings is 3. The van der Waals surface area contributed by atoms with Crippen molar-refractivity contribution in [2.75, 3.05) is 0 Å². The van der Waals surface area contributed by atoms with Crippen molar-refractivity contribution < 1.29 is 0 Å². The van der Waals surface area contributed by atoms with Crippen molar-refractivity contribution in [2.45, 2.75) is 0 Å². The minimum Gasteiger partial charge on any atom is -0.276 e. The number of nitrogens with zero attached hydrogens (tertiary/aromatic N) is 4. The Bertz CT molecular complexity index is 1800. The first-order valence-corrected chi connectivity index (χ1v) is 11.1. The molecule has 0 aliphatic rings. The van der Waals surface area contributed by atoms with E-state index in [1.54, 1.807) is 29.9 Å². The van der Waals surface area contributed by atoms with Gasteiger partial charge in [-0.25, -0.2) is 4.85 Å². The first-order valence-electron chi connectivity index (χ1n) is 10.3. The van der Waals surface area contributed by atoms with Crippen LogP contribution < -0.4 is 0 Å². The van der Waals surface area contributed by atoms with Gasteiger partial charge in [0.05, 0.1) is 12.1 Å². The Labute approximate surface area is 193 Å². The Morgan fingerprint density at radius 2 is 1.58 bits per heavy atom. The van der Waals surface area contributed by atoms with Crippen LogP contribution in [-0.2, 0) is 0 Å². The smallest absolute Gasteiger partial charge is 0.205 e. The fourth-order valence-corrected chi connectivity index (χ4v) is 5.56. The fraction of sp³-hybridized carbons (Fsp3) is 0. The normalized spacial score (nSPS) is 11.0. The summed E-state index contributed by atoms with van der Waals surface area (Å²) in [5, 5.41) is 14.0. The highest BCUT2D eigenvalue weighted by Crippen LogP contribution is 2.43. The Morgan fingerprint density at radius 3 is 2.42 bits per heavy atom. The van der Waals surface area contributed by atoms with Gasteiger partial charge in [-0.1, -0.05) is 36.4 Å². The van der Waals surface area contributed by atoms with E-state index in [1.165, 1.54) is 25.6 Å². The van der Waals surface area contributed by atoms with Gasteiger partial charge in [-0.15, -0.1) is 11.3 Å². The SMILES string of the molecule is [C-]#[N+]c1cncc(-c2cc3sc4cc(-c5cncc(C#N)c5)ccc4c3c3ccccc23)c1. The van der Waals surface area contributed by atoms with Crippen LogP contribution in [0.1, 0.15) is 5.56 Å². The maximum Gasteiger partial charge on any atom is 0.205 e. The number of rotatable bonds is 2. The zero-order valence-corrected chi connectivity index (χ0v) is 18.1. The molecule has 152 valence electrons. The summed E-state index contributed by atoms with van der Waals surface area (Å²) in [4.78, 5) is 12.0. The number of fused-ring (bicyclic) bond motifs is 5. The van der Waals surface area contributed by atoms with E-state index >= 15 is 0 Å². The molecule has 0 atom stereocenters. The Morgan fingerprint density at radius 1 is 0.758 bits per heavy atom. The molecule has 0 amide bonds. The lowest BCUT2D eigenvalue weighted by molar-refractivity contribution is 1.30. The summed E-state index contributed by atoms with van der Waals surface area (Å²) in [6.07, 6.45) is 6.78. The van der Waals surface area contributed by atoms with Crippen molar-refractivity contribution >= 4 is 48.0 Å². The summed E-state index contributed by atoms with van der Waals surface area (Å²) < 4.78 is 2.37. The van der Waals surface area contributed by atoms with Crippen LogP contribution in [0, 0.1) is 17.9 Å². The van der Waals surface area contributed by atoms with Gasteiger partial charge in [-0.2, -0.15) is 5.26 Å². The summed E-state index contributed by atoms with van der Waals surface area (Å²) in [7, 11) is 0. The van der Waals surface area contributed by atoms with Crippen molar-refractivity contribution in [3.8, 4) is 28.3 Å². The summed E-state index contributed by atoms with van der Waals surface area (Å²) in [5.74, 6) is 0. The zero-order chi connectivity index (χ0) is 22.4. The summed E-state index contributed by atoms with van der Waals surface area (Å²) in [6, 6.07) is 23.0. The molecule has 0 saturated carbocycles. The van der Waals surface area contributed by atoms with E-state index in [-0.39, 0.29) is 0 Å². The summed E-state index contributed by atoms with van der Waals surface area (Å²) >= 11 is 1.75. The molecule has 0 N–H and O–H groups in total. The molecule has 6 aromatic rings. The molecule has 0 aliphatic heterocycles. The molecule has 5 heteroatoms. The predicted molar refractivity (Wildman–Crippen MR) is 134 cm³/mol. The first kappa shape index (κ1) is 19.1. The maximum atomic E-state index is 9.22. The average Bonchev–Trinajstić information content (AvgIpc) is 3.26. The van der Waals surface area contributed by atoms with Crippen LogP contribution in [0.4, 0.5) is 5.69 Å². The average molecular weight is 439 g/mol. The van der Waals surface area contributed by atoms with Crippen LogP contribution in [0.2, 0.25) is 0 Å².